The van der Waals surface area contributed by atoms with E-state index in [1.54, 1.807) is 7.11 Å². The van der Waals surface area contributed by atoms with Gasteiger partial charge in [-0.3, -0.25) is 0 Å². The monoisotopic (exact) mass is 433 g/mol. The lowest BCUT2D eigenvalue weighted by atomic mass is 10.1. The average molecular weight is 434 g/mol. The van der Waals surface area contributed by atoms with Gasteiger partial charge in [-0.25, -0.2) is 4.98 Å². The van der Waals surface area contributed by atoms with Gasteiger partial charge in [-0.05, 0) is 35.4 Å². The summed E-state index contributed by atoms with van der Waals surface area (Å²) in [6.45, 7) is 0.498. The molecule has 0 atom stereocenters. The van der Waals surface area contributed by atoms with Crippen LogP contribution in [0.15, 0.2) is 78.9 Å². The number of hydrogen-bond acceptors (Lipinski definition) is 3. The molecule has 140 valence electrons. The fourth-order valence-corrected chi connectivity index (χ4v) is 3.47. The molecule has 4 heteroatoms. The Hall–Kier alpha value is -2.85. The topological polar surface area (TPSA) is 31.4 Å². The lowest BCUT2D eigenvalue weighted by molar-refractivity contribution is 0.310. The van der Waals surface area contributed by atoms with Crippen LogP contribution in [0.25, 0.3) is 22.2 Å². The zero-order chi connectivity index (χ0) is 19.3. The molecule has 0 spiro atoms. The van der Waals surface area contributed by atoms with Crippen LogP contribution in [0.1, 0.15) is 11.1 Å². The highest BCUT2D eigenvalue weighted by Crippen LogP contribution is 2.33. The van der Waals surface area contributed by atoms with E-state index in [0.717, 1.165) is 44.6 Å². The van der Waals surface area contributed by atoms with Crippen molar-refractivity contribution in [3.63, 3.8) is 0 Å². The number of alkyl halides is 1. The summed E-state index contributed by atoms with van der Waals surface area (Å²) in [5.74, 6) is 1.58. The van der Waals surface area contributed by atoms with Gasteiger partial charge in [0.1, 0.15) is 18.1 Å². The van der Waals surface area contributed by atoms with Crippen molar-refractivity contribution in [2.24, 2.45) is 0 Å². The third-order valence-electron chi connectivity index (χ3n) is 4.59. The second kappa shape index (κ2) is 8.44. The van der Waals surface area contributed by atoms with Gasteiger partial charge in [0.2, 0.25) is 0 Å². The van der Waals surface area contributed by atoms with Gasteiger partial charge in [-0.2, -0.15) is 0 Å². The van der Waals surface area contributed by atoms with Gasteiger partial charge in [0.25, 0.3) is 0 Å². The second-order valence-electron chi connectivity index (χ2n) is 6.50. The number of pyridine rings is 1. The Labute approximate surface area is 173 Å². The van der Waals surface area contributed by atoms with Gasteiger partial charge in [0, 0.05) is 22.3 Å². The maximum absolute atomic E-state index is 6.22. The van der Waals surface area contributed by atoms with E-state index in [1.807, 2.05) is 42.5 Å². The van der Waals surface area contributed by atoms with E-state index in [2.05, 4.69) is 52.3 Å². The molecule has 0 N–H and O–H groups in total. The molecule has 0 aliphatic carbocycles. The van der Waals surface area contributed by atoms with Crippen LogP contribution in [-0.2, 0) is 11.9 Å². The molecule has 4 rings (SSSR count). The molecule has 4 aromatic rings. The van der Waals surface area contributed by atoms with Crippen molar-refractivity contribution in [2.45, 2.75) is 11.9 Å². The fraction of sp³-hybridized carbons (Fsp3) is 0.125. The first kappa shape index (κ1) is 18.5. The molecule has 0 unspecified atom stereocenters. The maximum Gasteiger partial charge on any atom is 0.131 e. The van der Waals surface area contributed by atoms with Crippen molar-refractivity contribution in [2.75, 3.05) is 7.11 Å². The van der Waals surface area contributed by atoms with Crippen LogP contribution >= 0.6 is 15.9 Å². The Bertz CT molecular complexity index is 1100. The normalized spacial score (nSPS) is 10.8. The lowest BCUT2D eigenvalue weighted by Crippen LogP contribution is -1.98. The van der Waals surface area contributed by atoms with E-state index in [4.69, 9.17) is 14.5 Å². The summed E-state index contributed by atoms with van der Waals surface area (Å²) in [4.78, 5) is 4.86. The number of ether oxygens (including phenoxy) is 2. The molecule has 0 amide bonds. The third-order valence-corrected chi connectivity index (χ3v) is 5.24. The van der Waals surface area contributed by atoms with Gasteiger partial charge in [-0.1, -0.05) is 64.5 Å². The minimum Gasteiger partial charge on any atom is -0.497 e. The first-order valence-electron chi connectivity index (χ1n) is 9.07. The first-order valence-corrected chi connectivity index (χ1v) is 10.2. The molecular weight excluding hydrogens is 414 g/mol. The highest BCUT2D eigenvalue weighted by atomic mass is 79.9. The second-order valence-corrected chi connectivity index (χ2v) is 7.06. The predicted molar refractivity (Wildman–Crippen MR) is 117 cm³/mol. The van der Waals surface area contributed by atoms with Gasteiger partial charge in [0.05, 0.1) is 18.3 Å². The Balaban J connectivity index is 1.79. The van der Waals surface area contributed by atoms with Crippen molar-refractivity contribution >= 4 is 26.8 Å². The SMILES string of the molecule is COc1ccc2nc(-c3cccc(CBr)c3)cc(OCc3ccccc3)c2c1. The Morgan fingerprint density at radius 2 is 1.68 bits per heavy atom. The van der Waals surface area contributed by atoms with Crippen LogP contribution in [0.5, 0.6) is 11.5 Å². The van der Waals surface area contributed by atoms with Gasteiger partial charge in [-0.15, -0.1) is 0 Å². The average Bonchev–Trinajstić information content (AvgIpc) is 2.77. The molecule has 3 nitrogen and oxygen atoms in total. The third kappa shape index (κ3) is 4.02. The summed E-state index contributed by atoms with van der Waals surface area (Å²) in [5, 5.41) is 1.75. The number of fused-ring (bicyclic) bond motifs is 1. The van der Waals surface area contributed by atoms with E-state index in [1.165, 1.54) is 5.56 Å². The number of halogens is 1. The van der Waals surface area contributed by atoms with Crippen LogP contribution < -0.4 is 9.47 Å². The molecule has 0 aliphatic heterocycles. The number of methoxy groups -OCH3 is 1. The number of nitrogens with zero attached hydrogens (tertiary/aromatic N) is 1. The first-order chi connectivity index (χ1) is 13.8. The Morgan fingerprint density at radius 1 is 0.857 bits per heavy atom. The predicted octanol–water partition coefficient (Wildman–Crippen LogP) is 6.38. The number of rotatable bonds is 6. The summed E-state index contributed by atoms with van der Waals surface area (Å²) >= 11 is 3.53. The fourth-order valence-electron chi connectivity index (χ4n) is 3.12. The van der Waals surface area contributed by atoms with Gasteiger partial charge < -0.3 is 9.47 Å². The highest BCUT2D eigenvalue weighted by Gasteiger charge is 2.11. The highest BCUT2D eigenvalue weighted by molar-refractivity contribution is 9.08. The van der Waals surface area contributed by atoms with Crippen molar-refractivity contribution in [3.05, 3.63) is 90.0 Å². The lowest BCUT2D eigenvalue weighted by Gasteiger charge is -2.13. The molecule has 3 aromatic carbocycles. The zero-order valence-corrected chi connectivity index (χ0v) is 17.1. The Kier molecular flexibility index (Phi) is 5.58. The summed E-state index contributed by atoms with van der Waals surface area (Å²) < 4.78 is 11.6. The minimum absolute atomic E-state index is 0.498. The molecule has 0 bridgehead atoms. The molecule has 0 fully saturated rings. The number of hydrogen-bond donors (Lipinski definition) is 0. The van der Waals surface area contributed by atoms with Crippen LogP contribution in [0.4, 0.5) is 0 Å². The van der Waals surface area contributed by atoms with E-state index >= 15 is 0 Å². The largest absolute Gasteiger partial charge is 0.497 e. The van der Waals surface area contributed by atoms with Gasteiger partial charge in [0.15, 0.2) is 0 Å². The Morgan fingerprint density at radius 3 is 2.46 bits per heavy atom. The number of aromatic nitrogens is 1. The summed E-state index contributed by atoms with van der Waals surface area (Å²) in [7, 11) is 1.67. The van der Waals surface area contributed by atoms with E-state index in [0.29, 0.717) is 6.61 Å². The molecule has 28 heavy (non-hydrogen) atoms. The van der Waals surface area contributed by atoms with E-state index < -0.39 is 0 Å². The van der Waals surface area contributed by atoms with Crippen molar-refractivity contribution < 1.29 is 9.47 Å². The minimum atomic E-state index is 0.498. The van der Waals surface area contributed by atoms with Crippen molar-refractivity contribution in [1.82, 2.24) is 4.98 Å². The van der Waals surface area contributed by atoms with Crippen LogP contribution in [0, 0.1) is 0 Å². The van der Waals surface area contributed by atoms with Crippen LogP contribution in [-0.4, -0.2) is 12.1 Å². The van der Waals surface area contributed by atoms with E-state index in [9.17, 15) is 0 Å². The maximum atomic E-state index is 6.22. The summed E-state index contributed by atoms with van der Waals surface area (Å²) in [6.07, 6.45) is 0. The molecule has 0 radical (unpaired) electrons. The van der Waals surface area contributed by atoms with Crippen molar-refractivity contribution in [1.29, 1.82) is 0 Å². The molecule has 1 heterocycles. The quantitative estimate of drug-likeness (QED) is 0.330. The molecule has 1 aromatic heterocycles. The zero-order valence-electron chi connectivity index (χ0n) is 15.6. The van der Waals surface area contributed by atoms with Crippen LogP contribution in [0.3, 0.4) is 0 Å². The molecular formula is C24H20BrNO2. The summed E-state index contributed by atoms with van der Waals surface area (Å²) in [5.41, 5.74) is 5.17. The van der Waals surface area contributed by atoms with Gasteiger partial charge >= 0.3 is 0 Å². The smallest absolute Gasteiger partial charge is 0.131 e. The van der Waals surface area contributed by atoms with E-state index in [-0.39, 0.29) is 0 Å². The molecule has 0 saturated carbocycles. The van der Waals surface area contributed by atoms with Crippen molar-refractivity contribution in [3.8, 4) is 22.8 Å². The standard InChI is InChI=1S/C24H20BrNO2/c1-27-20-10-11-22-21(13-20)24(28-16-17-6-3-2-4-7-17)14-23(26-22)19-9-5-8-18(12-19)15-25/h2-14H,15-16H2,1H3. The molecule has 0 saturated heterocycles. The van der Waals surface area contributed by atoms with Crippen LogP contribution in [0.2, 0.25) is 0 Å². The summed E-state index contributed by atoms with van der Waals surface area (Å²) in [6, 6.07) is 26.4. The molecule has 0 aliphatic rings. The number of benzene rings is 3.